The summed E-state index contributed by atoms with van der Waals surface area (Å²) in [6.45, 7) is 0.179. The van der Waals surface area contributed by atoms with E-state index < -0.39 is 6.43 Å². The molecular weight excluding hydrogens is 252 g/mol. The summed E-state index contributed by atoms with van der Waals surface area (Å²) >= 11 is 0. The van der Waals surface area contributed by atoms with Crippen molar-refractivity contribution in [2.75, 3.05) is 19.7 Å². The van der Waals surface area contributed by atoms with Gasteiger partial charge < -0.3 is 5.11 Å². The maximum absolute atomic E-state index is 12.4. The van der Waals surface area contributed by atoms with Gasteiger partial charge in [0.1, 0.15) is 0 Å². The SMILES string of the molecule is OCCN(Cc1ccn(C2CCCC2)n1)CC(F)F. The van der Waals surface area contributed by atoms with Crippen molar-refractivity contribution in [2.24, 2.45) is 0 Å². The van der Waals surface area contributed by atoms with Crippen LogP contribution in [0.25, 0.3) is 0 Å². The van der Waals surface area contributed by atoms with Crippen LogP contribution in [0.5, 0.6) is 0 Å². The summed E-state index contributed by atoms with van der Waals surface area (Å²) in [6, 6.07) is 2.35. The monoisotopic (exact) mass is 273 g/mol. The average Bonchev–Trinajstić information content (AvgIpc) is 2.97. The van der Waals surface area contributed by atoms with Gasteiger partial charge in [-0.1, -0.05) is 12.8 Å². The highest BCUT2D eigenvalue weighted by Crippen LogP contribution is 2.28. The molecule has 19 heavy (non-hydrogen) atoms. The lowest BCUT2D eigenvalue weighted by Gasteiger charge is -2.19. The first-order chi connectivity index (χ1) is 9.19. The van der Waals surface area contributed by atoms with Gasteiger partial charge in [-0.15, -0.1) is 0 Å². The molecule has 1 aromatic heterocycles. The second kappa shape index (κ2) is 6.96. The molecule has 0 amide bonds. The fourth-order valence-corrected chi connectivity index (χ4v) is 2.63. The fraction of sp³-hybridized carbons (Fsp3) is 0.769. The molecule has 4 nitrogen and oxygen atoms in total. The van der Waals surface area contributed by atoms with Gasteiger partial charge in [0.2, 0.25) is 0 Å². The van der Waals surface area contributed by atoms with E-state index in [1.54, 1.807) is 0 Å². The molecule has 0 atom stereocenters. The lowest BCUT2D eigenvalue weighted by Crippen LogP contribution is -2.31. The molecule has 1 heterocycles. The number of aromatic nitrogens is 2. The van der Waals surface area contributed by atoms with Crippen LogP contribution in [0.1, 0.15) is 37.4 Å². The van der Waals surface area contributed by atoms with E-state index in [1.165, 1.54) is 17.7 Å². The van der Waals surface area contributed by atoms with Crippen molar-refractivity contribution in [2.45, 2.75) is 44.7 Å². The molecule has 108 valence electrons. The van der Waals surface area contributed by atoms with Gasteiger partial charge in [-0.3, -0.25) is 9.58 Å². The Kier molecular flexibility index (Phi) is 5.27. The van der Waals surface area contributed by atoms with Crippen molar-refractivity contribution < 1.29 is 13.9 Å². The molecule has 0 saturated heterocycles. The van der Waals surface area contributed by atoms with Gasteiger partial charge in [0.25, 0.3) is 6.43 Å². The van der Waals surface area contributed by atoms with Crippen molar-refractivity contribution in [3.8, 4) is 0 Å². The Labute approximate surface area is 112 Å². The summed E-state index contributed by atoms with van der Waals surface area (Å²) < 4.78 is 26.8. The van der Waals surface area contributed by atoms with Gasteiger partial charge in [0.15, 0.2) is 0 Å². The Bertz CT molecular complexity index is 378. The van der Waals surface area contributed by atoms with E-state index >= 15 is 0 Å². The van der Waals surface area contributed by atoms with Crippen molar-refractivity contribution in [3.63, 3.8) is 0 Å². The summed E-state index contributed by atoms with van der Waals surface area (Å²) in [4.78, 5) is 1.53. The van der Waals surface area contributed by atoms with Crippen LogP contribution in [-0.4, -0.2) is 45.9 Å². The minimum Gasteiger partial charge on any atom is -0.395 e. The van der Waals surface area contributed by atoms with Crippen molar-refractivity contribution in [3.05, 3.63) is 18.0 Å². The number of aliphatic hydroxyl groups is 1. The topological polar surface area (TPSA) is 41.3 Å². The van der Waals surface area contributed by atoms with E-state index in [0.29, 0.717) is 12.6 Å². The molecule has 1 saturated carbocycles. The number of rotatable bonds is 7. The van der Waals surface area contributed by atoms with Gasteiger partial charge in [0, 0.05) is 19.3 Å². The summed E-state index contributed by atoms with van der Waals surface area (Å²) in [5.74, 6) is 0. The van der Waals surface area contributed by atoms with E-state index in [2.05, 4.69) is 5.10 Å². The Morgan fingerprint density at radius 3 is 2.79 bits per heavy atom. The Hall–Kier alpha value is -1.01. The maximum Gasteiger partial charge on any atom is 0.251 e. The smallest absolute Gasteiger partial charge is 0.251 e. The first-order valence-corrected chi connectivity index (χ1v) is 6.84. The van der Waals surface area contributed by atoms with Crippen LogP contribution in [0.4, 0.5) is 8.78 Å². The van der Waals surface area contributed by atoms with Crippen molar-refractivity contribution in [1.29, 1.82) is 0 Å². The second-order valence-corrected chi connectivity index (χ2v) is 5.08. The molecule has 0 unspecified atom stereocenters. The van der Waals surface area contributed by atoms with Crippen molar-refractivity contribution in [1.82, 2.24) is 14.7 Å². The molecule has 0 radical (unpaired) electrons. The average molecular weight is 273 g/mol. The third kappa shape index (κ3) is 4.24. The van der Waals surface area contributed by atoms with Crippen LogP contribution in [0.2, 0.25) is 0 Å². The van der Waals surface area contributed by atoms with Crippen LogP contribution >= 0.6 is 0 Å². The van der Waals surface area contributed by atoms with Gasteiger partial charge >= 0.3 is 0 Å². The third-order valence-corrected chi connectivity index (χ3v) is 3.56. The highest BCUT2D eigenvalue weighted by Gasteiger charge is 2.18. The largest absolute Gasteiger partial charge is 0.395 e. The number of aliphatic hydroxyl groups excluding tert-OH is 1. The number of halogens is 2. The third-order valence-electron chi connectivity index (χ3n) is 3.56. The molecular formula is C13H21F2N3O. The molecule has 0 aliphatic heterocycles. The molecule has 2 rings (SSSR count). The Morgan fingerprint density at radius 1 is 1.42 bits per heavy atom. The molecule has 0 aromatic carbocycles. The maximum atomic E-state index is 12.4. The molecule has 1 aliphatic carbocycles. The number of alkyl halides is 2. The summed E-state index contributed by atoms with van der Waals surface area (Å²) in [7, 11) is 0. The van der Waals surface area contributed by atoms with E-state index in [4.69, 9.17) is 5.11 Å². The zero-order valence-corrected chi connectivity index (χ0v) is 11.0. The summed E-state index contributed by atoms with van der Waals surface area (Å²) in [6.07, 6.45) is 4.33. The molecule has 1 fully saturated rings. The van der Waals surface area contributed by atoms with E-state index in [1.807, 2.05) is 16.9 Å². The first kappa shape index (κ1) is 14.4. The van der Waals surface area contributed by atoms with E-state index in [-0.39, 0.29) is 19.7 Å². The standard InChI is InChI=1S/C13H21F2N3O/c14-13(15)10-17(7-8-19)9-11-5-6-18(16-11)12-3-1-2-4-12/h5-6,12-13,19H,1-4,7-10H2. The zero-order valence-electron chi connectivity index (χ0n) is 11.0. The number of hydrogen-bond donors (Lipinski definition) is 1. The van der Waals surface area contributed by atoms with Crippen LogP contribution in [0.3, 0.4) is 0 Å². The van der Waals surface area contributed by atoms with Crippen LogP contribution in [0.15, 0.2) is 12.3 Å². The lowest BCUT2D eigenvalue weighted by molar-refractivity contribution is 0.0739. The van der Waals surface area contributed by atoms with Crippen molar-refractivity contribution >= 4 is 0 Å². The van der Waals surface area contributed by atoms with Crippen LogP contribution < -0.4 is 0 Å². The van der Waals surface area contributed by atoms with Gasteiger partial charge in [-0.25, -0.2) is 8.78 Å². The quantitative estimate of drug-likeness (QED) is 0.826. The zero-order chi connectivity index (χ0) is 13.7. The van der Waals surface area contributed by atoms with Crippen LogP contribution in [0, 0.1) is 0 Å². The number of hydrogen-bond acceptors (Lipinski definition) is 3. The van der Waals surface area contributed by atoms with E-state index in [9.17, 15) is 8.78 Å². The highest BCUT2D eigenvalue weighted by atomic mass is 19.3. The predicted octanol–water partition coefficient (Wildman–Crippen LogP) is 2.06. The second-order valence-electron chi connectivity index (χ2n) is 5.08. The van der Waals surface area contributed by atoms with Gasteiger partial charge in [0.05, 0.1) is 24.9 Å². The van der Waals surface area contributed by atoms with Gasteiger partial charge in [-0.2, -0.15) is 5.10 Å². The first-order valence-electron chi connectivity index (χ1n) is 6.84. The normalized spacial score (nSPS) is 16.9. The molecule has 1 N–H and O–H groups in total. The minimum absolute atomic E-state index is 0.115. The molecule has 0 spiro atoms. The summed E-state index contributed by atoms with van der Waals surface area (Å²) in [5.41, 5.74) is 0.793. The number of nitrogens with zero attached hydrogens (tertiary/aromatic N) is 3. The summed E-state index contributed by atoms with van der Waals surface area (Å²) in [5, 5.41) is 13.4. The highest BCUT2D eigenvalue weighted by molar-refractivity contribution is 5.00. The predicted molar refractivity (Wildman–Crippen MR) is 68.1 cm³/mol. The molecule has 6 heteroatoms. The van der Waals surface area contributed by atoms with Crippen LogP contribution in [-0.2, 0) is 6.54 Å². The minimum atomic E-state index is -2.39. The Morgan fingerprint density at radius 2 is 2.16 bits per heavy atom. The Balaban J connectivity index is 1.92. The molecule has 0 bridgehead atoms. The molecule has 1 aliphatic rings. The lowest BCUT2D eigenvalue weighted by atomic mass is 10.3. The van der Waals surface area contributed by atoms with Gasteiger partial charge in [-0.05, 0) is 18.9 Å². The van der Waals surface area contributed by atoms with E-state index in [0.717, 1.165) is 18.5 Å². The fourth-order valence-electron chi connectivity index (χ4n) is 2.63. The molecule has 1 aromatic rings.